The molecular formula is C11H14F2N2O. The minimum atomic E-state index is -0.523. The molecule has 1 amide bonds. The van der Waals surface area contributed by atoms with E-state index in [0.717, 1.165) is 18.2 Å². The molecule has 0 aliphatic carbocycles. The molecule has 0 radical (unpaired) electrons. The largest absolute Gasteiger partial charge is 0.351 e. The lowest BCUT2D eigenvalue weighted by molar-refractivity contribution is -0.120. The molecule has 0 bridgehead atoms. The average molecular weight is 228 g/mol. The van der Waals surface area contributed by atoms with Gasteiger partial charge in [0.1, 0.15) is 11.6 Å². The van der Waals surface area contributed by atoms with Gasteiger partial charge < -0.3 is 10.6 Å². The number of halogens is 2. The zero-order valence-electron chi connectivity index (χ0n) is 9.02. The number of benzene rings is 1. The highest BCUT2D eigenvalue weighted by atomic mass is 19.1. The van der Waals surface area contributed by atoms with Crippen molar-refractivity contribution in [2.24, 2.45) is 0 Å². The molecule has 0 heterocycles. The van der Waals surface area contributed by atoms with Gasteiger partial charge in [-0.05, 0) is 24.7 Å². The molecule has 0 aromatic heterocycles. The molecule has 0 atom stereocenters. The summed E-state index contributed by atoms with van der Waals surface area (Å²) in [5, 5.41) is 5.32. The van der Waals surface area contributed by atoms with Crippen molar-refractivity contribution in [2.45, 2.75) is 13.5 Å². The van der Waals surface area contributed by atoms with E-state index in [2.05, 4.69) is 10.6 Å². The van der Waals surface area contributed by atoms with E-state index < -0.39 is 11.6 Å². The molecule has 1 aromatic rings. The van der Waals surface area contributed by atoms with E-state index in [0.29, 0.717) is 6.54 Å². The van der Waals surface area contributed by atoms with Crippen molar-refractivity contribution in [3.05, 3.63) is 35.4 Å². The van der Waals surface area contributed by atoms with Gasteiger partial charge in [-0.2, -0.15) is 0 Å². The summed E-state index contributed by atoms with van der Waals surface area (Å²) >= 11 is 0. The molecule has 16 heavy (non-hydrogen) atoms. The molecule has 0 aliphatic rings. The smallest absolute Gasteiger partial charge is 0.234 e. The van der Waals surface area contributed by atoms with E-state index in [4.69, 9.17) is 0 Å². The lowest BCUT2D eigenvalue weighted by Gasteiger charge is -2.06. The van der Waals surface area contributed by atoms with E-state index in [1.165, 1.54) is 0 Å². The van der Waals surface area contributed by atoms with Crippen molar-refractivity contribution < 1.29 is 13.6 Å². The Kier molecular flexibility index (Phi) is 4.85. The standard InChI is InChI=1S/C11H14F2N2O/c1-2-14-7-11(16)15-6-8-5-9(12)3-4-10(8)13/h3-5,14H,2,6-7H2,1H3,(H,15,16). The van der Waals surface area contributed by atoms with Gasteiger partial charge in [-0.15, -0.1) is 0 Å². The highest BCUT2D eigenvalue weighted by Crippen LogP contribution is 2.08. The number of hydrogen-bond donors (Lipinski definition) is 2. The van der Waals surface area contributed by atoms with E-state index in [-0.39, 0.29) is 24.6 Å². The number of amides is 1. The Bertz CT molecular complexity index is 369. The normalized spacial score (nSPS) is 10.2. The Hall–Kier alpha value is -1.49. The fraction of sp³-hybridized carbons (Fsp3) is 0.364. The highest BCUT2D eigenvalue weighted by molar-refractivity contribution is 5.77. The first-order valence-electron chi connectivity index (χ1n) is 5.04. The van der Waals surface area contributed by atoms with Crippen LogP contribution in [-0.2, 0) is 11.3 Å². The van der Waals surface area contributed by atoms with Gasteiger partial charge in [0.25, 0.3) is 0 Å². The molecule has 88 valence electrons. The molecule has 0 saturated heterocycles. The van der Waals surface area contributed by atoms with Crippen molar-refractivity contribution in [1.29, 1.82) is 0 Å². The van der Waals surface area contributed by atoms with Crippen LogP contribution >= 0.6 is 0 Å². The molecule has 0 spiro atoms. The minimum Gasteiger partial charge on any atom is -0.351 e. The van der Waals surface area contributed by atoms with Gasteiger partial charge in [-0.25, -0.2) is 8.78 Å². The summed E-state index contributed by atoms with van der Waals surface area (Å²) in [6.07, 6.45) is 0. The highest BCUT2D eigenvalue weighted by Gasteiger charge is 2.05. The van der Waals surface area contributed by atoms with Crippen molar-refractivity contribution >= 4 is 5.91 Å². The topological polar surface area (TPSA) is 41.1 Å². The second kappa shape index (κ2) is 6.17. The second-order valence-electron chi connectivity index (χ2n) is 3.29. The molecule has 0 saturated carbocycles. The third-order valence-corrected chi connectivity index (χ3v) is 2.02. The van der Waals surface area contributed by atoms with Gasteiger partial charge in [0.05, 0.1) is 6.54 Å². The Balaban J connectivity index is 2.47. The summed E-state index contributed by atoms with van der Waals surface area (Å²) in [7, 11) is 0. The van der Waals surface area contributed by atoms with Crippen LogP contribution in [0.15, 0.2) is 18.2 Å². The quantitative estimate of drug-likeness (QED) is 0.794. The van der Waals surface area contributed by atoms with Crippen molar-refractivity contribution in [1.82, 2.24) is 10.6 Å². The Morgan fingerprint density at radius 1 is 1.38 bits per heavy atom. The summed E-state index contributed by atoms with van der Waals surface area (Å²) in [5.74, 6) is -1.28. The average Bonchev–Trinajstić information content (AvgIpc) is 2.27. The van der Waals surface area contributed by atoms with Gasteiger partial charge in [-0.3, -0.25) is 4.79 Å². The van der Waals surface area contributed by atoms with Gasteiger partial charge in [-0.1, -0.05) is 6.92 Å². The summed E-state index contributed by atoms with van der Waals surface area (Å²) in [6, 6.07) is 3.16. The van der Waals surface area contributed by atoms with Crippen molar-refractivity contribution in [3.63, 3.8) is 0 Å². The van der Waals surface area contributed by atoms with E-state index in [1.807, 2.05) is 6.92 Å². The molecular weight excluding hydrogens is 214 g/mol. The van der Waals surface area contributed by atoms with Crippen LogP contribution in [-0.4, -0.2) is 19.0 Å². The number of carbonyl (C=O) groups excluding carboxylic acids is 1. The van der Waals surface area contributed by atoms with Crippen LogP contribution in [0.1, 0.15) is 12.5 Å². The van der Waals surface area contributed by atoms with Crippen molar-refractivity contribution in [2.75, 3.05) is 13.1 Å². The van der Waals surface area contributed by atoms with Crippen LogP contribution < -0.4 is 10.6 Å². The van der Waals surface area contributed by atoms with Crippen LogP contribution in [0.5, 0.6) is 0 Å². The number of hydrogen-bond acceptors (Lipinski definition) is 2. The van der Waals surface area contributed by atoms with Crippen LogP contribution in [0.4, 0.5) is 8.78 Å². The Labute approximate surface area is 92.8 Å². The molecule has 3 nitrogen and oxygen atoms in total. The van der Waals surface area contributed by atoms with Gasteiger partial charge in [0.15, 0.2) is 0 Å². The monoisotopic (exact) mass is 228 g/mol. The third kappa shape index (κ3) is 3.94. The first-order chi connectivity index (χ1) is 7.63. The molecule has 0 fully saturated rings. The molecule has 0 aliphatic heterocycles. The number of likely N-dealkylation sites (N-methyl/N-ethyl adjacent to an activating group) is 1. The third-order valence-electron chi connectivity index (χ3n) is 2.02. The van der Waals surface area contributed by atoms with Crippen LogP contribution in [0, 0.1) is 11.6 Å². The van der Waals surface area contributed by atoms with Gasteiger partial charge in [0.2, 0.25) is 5.91 Å². The lowest BCUT2D eigenvalue weighted by atomic mass is 10.2. The SMILES string of the molecule is CCNCC(=O)NCc1cc(F)ccc1F. The summed E-state index contributed by atoms with van der Waals surface area (Å²) in [4.78, 5) is 11.2. The summed E-state index contributed by atoms with van der Waals surface area (Å²) in [6.45, 7) is 2.72. The molecule has 1 aromatic carbocycles. The maximum absolute atomic E-state index is 13.1. The molecule has 5 heteroatoms. The zero-order valence-corrected chi connectivity index (χ0v) is 9.02. The van der Waals surface area contributed by atoms with Crippen LogP contribution in [0.2, 0.25) is 0 Å². The predicted molar refractivity (Wildman–Crippen MR) is 56.7 cm³/mol. The zero-order chi connectivity index (χ0) is 12.0. The van der Waals surface area contributed by atoms with Gasteiger partial charge in [0, 0.05) is 12.1 Å². The lowest BCUT2D eigenvalue weighted by Crippen LogP contribution is -2.33. The fourth-order valence-corrected chi connectivity index (χ4v) is 1.17. The summed E-state index contributed by atoms with van der Waals surface area (Å²) < 4.78 is 25.9. The summed E-state index contributed by atoms with van der Waals surface area (Å²) in [5.41, 5.74) is 0.143. The first-order valence-corrected chi connectivity index (χ1v) is 5.04. The number of carbonyl (C=O) groups is 1. The van der Waals surface area contributed by atoms with Crippen LogP contribution in [0.25, 0.3) is 0 Å². The second-order valence-corrected chi connectivity index (χ2v) is 3.29. The van der Waals surface area contributed by atoms with E-state index >= 15 is 0 Å². The predicted octanol–water partition coefficient (Wildman–Crippen LogP) is 1.19. The van der Waals surface area contributed by atoms with Crippen LogP contribution in [0.3, 0.4) is 0 Å². The first kappa shape index (κ1) is 12.6. The van der Waals surface area contributed by atoms with E-state index in [9.17, 15) is 13.6 Å². The minimum absolute atomic E-state index is 0.00613. The molecule has 0 unspecified atom stereocenters. The molecule has 1 rings (SSSR count). The van der Waals surface area contributed by atoms with Crippen molar-refractivity contribution in [3.8, 4) is 0 Å². The maximum atomic E-state index is 13.1. The number of nitrogens with one attached hydrogen (secondary N) is 2. The fourth-order valence-electron chi connectivity index (χ4n) is 1.17. The maximum Gasteiger partial charge on any atom is 0.234 e. The van der Waals surface area contributed by atoms with Gasteiger partial charge >= 0.3 is 0 Å². The van der Waals surface area contributed by atoms with E-state index in [1.54, 1.807) is 0 Å². The Morgan fingerprint density at radius 2 is 2.12 bits per heavy atom. The Morgan fingerprint density at radius 3 is 2.81 bits per heavy atom. The number of rotatable bonds is 5. The molecule has 2 N–H and O–H groups in total.